The fourth-order valence-electron chi connectivity index (χ4n) is 8.57. The summed E-state index contributed by atoms with van der Waals surface area (Å²) < 4.78 is 57.0. The van der Waals surface area contributed by atoms with E-state index in [-0.39, 0.29) is 27.9 Å². The minimum absolute atomic E-state index is 0.0279. The van der Waals surface area contributed by atoms with Gasteiger partial charge in [0.05, 0.1) is 12.4 Å². The molecule has 2 aromatic heterocycles. The number of nitrogens with one attached hydrogen (secondary N) is 5. The SMILES string of the molecule is CN(C)c1cc(S(=O)(=O)NC(=O)Nc2c3c(cc4c2CCC4CC(=O)Nc2cc(S(=O)(=O)NC(=O)Nc4c5c(cc6c4CCC6)CCC5)cnn2)CCC3)cnn1. The predicted molar refractivity (Wildman–Crippen MR) is 210 cm³/mol. The van der Waals surface area contributed by atoms with Crippen LogP contribution in [0.15, 0.2) is 46.5 Å². The average Bonchev–Trinajstić information content (AvgIpc) is 3.99. The third kappa shape index (κ3) is 7.72. The lowest BCUT2D eigenvalue weighted by Crippen LogP contribution is -2.35. The summed E-state index contributed by atoms with van der Waals surface area (Å²) in [6, 6.07) is 4.94. The third-order valence-corrected chi connectivity index (χ3v) is 13.7. The molecule has 19 heteroatoms. The van der Waals surface area contributed by atoms with Crippen molar-refractivity contribution in [1.29, 1.82) is 0 Å². The zero-order chi connectivity index (χ0) is 40.1. The lowest BCUT2D eigenvalue weighted by Gasteiger charge is -2.18. The zero-order valence-corrected chi connectivity index (χ0v) is 33.1. The molecule has 0 spiro atoms. The van der Waals surface area contributed by atoms with Crippen LogP contribution in [0.3, 0.4) is 0 Å². The maximum atomic E-state index is 13.4. The molecule has 5 N–H and O–H groups in total. The number of urea groups is 2. The van der Waals surface area contributed by atoms with Crippen LogP contribution in [0.4, 0.5) is 32.6 Å². The first-order valence-electron chi connectivity index (χ1n) is 18.9. The summed E-state index contributed by atoms with van der Waals surface area (Å²) in [6.07, 6.45) is 11.0. The number of sulfonamides is 2. The molecule has 0 bridgehead atoms. The Morgan fingerprint density at radius 1 is 0.649 bits per heavy atom. The number of carbonyl (C=O) groups excluding carboxylic acids is 3. The maximum absolute atomic E-state index is 13.4. The molecular weight excluding hydrogens is 773 g/mol. The second-order valence-electron chi connectivity index (χ2n) is 15.1. The predicted octanol–water partition coefficient (Wildman–Crippen LogP) is 3.88. The normalized spacial score (nSPS) is 16.6. The van der Waals surface area contributed by atoms with Crippen molar-refractivity contribution in [3.05, 3.63) is 81.2 Å². The Kier molecular flexibility index (Phi) is 10.1. The largest absolute Gasteiger partial charge is 0.361 e. The molecule has 0 saturated carbocycles. The van der Waals surface area contributed by atoms with Crippen LogP contribution in [-0.2, 0) is 69.8 Å². The number of anilines is 4. The van der Waals surface area contributed by atoms with Crippen LogP contribution in [0.2, 0.25) is 0 Å². The van der Waals surface area contributed by atoms with Crippen LogP contribution in [0.1, 0.15) is 82.5 Å². The van der Waals surface area contributed by atoms with Gasteiger partial charge in [0, 0.05) is 44.0 Å². The van der Waals surface area contributed by atoms with Gasteiger partial charge in [-0.05, 0) is 121 Å². The van der Waals surface area contributed by atoms with Gasteiger partial charge in [-0.3, -0.25) is 4.79 Å². The standard InChI is InChI=1S/C38H42N10O7S2/c1-48(2)33-18-26(20-40-45-33)57(54,55)47-38(51)43-36-29-11-5-8-23(29)15-31-24(12-13-30(31)36)16-34(49)41-32-17-25(19-39-44-32)56(52,53)46-37(50)42-35-27-9-3-6-21(27)14-22-7-4-10-28(22)35/h14-15,17-20,24H,3-13,16H2,1-2H3,(H,41,44,49)(H2,42,46,50)(H2,43,47,51). The van der Waals surface area contributed by atoms with Gasteiger partial charge in [0.2, 0.25) is 5.91 Å². The van der Waals surface area contributed by atoms with Crippen molar-refractivity contribution in [3.63, 3.8) is 0 Å². The molecule has 57 heavy (non-hydrogen) atoms. The van der Waals surface area contributed by atoms with Gasteiger partial charge < -0.3 is 20.9 Å². The van der Waals surface area contributed by atoms with Gasteiger partial charge in [0.1, 0.15) is 9.79 Å². The molecule has 8 rings (SSSR count). The summed E-state index contributed by atoms with van der Waals surface area (Å²) >= 11 is 0. The van der Waals surface area contributed by atoms with Crippen molar-refractivity contribution < 1.29 is 31.2 Å². The second-order valence-corrected chi connectivity index (χ2v) is 18.4. The number of fused-ring (bicyclic) bond motifs is 4. The number of aromatic nitrogens is 4. The first-order chi connectivity index (χ1) is 27.3. The van der Waals surface area contributed by atoms with Gasteiger partial charge in [-0.2, -0.15) is 10.2 Å². The number of hydrogen-bond donors (Lipinski definition) is 5. The van der Waals surface area contributed by atoms with Crippen molar-refractivity contribution in [1.82, 2.24) is 29.8 Å². The van der Waals surface area contributed by atoms with Crippen molar-refractivity contribution in [2.75, 3.05) is 34.9 Å². The lowest BCUT2D eigenvalue weighted by molar-refractivity contribution is -0.116. The van der Waals surface area contributed by atoms with Crippen molar-refractivity contribution in [2.45, 2.75) is 92.8 Å². The van der Waals surface area contributed by atoms with E-state index in [0.717, 1.165) is 103 Å². The highest BCUT2D eigenvalue weighted by Crippen LogP contribution is 2.45. The quantitative estimate of drug-likeness (QED) is 0.154. The highest BCUT2D eigenvalue weighted by molar-refractivity contribution is 7.90. The maximum Gasteiger partial charge on any atom is 0.333 e. The molecule has 0 aliphatic heterocycles. The van der Waals surface area contributed by atoms with Crippen LogP contribution in [0.25, 0.3) is 0 Å². The van der Waals surface area contributed by atoms with Crippen LogP contribution in [0.5, 0.6) is 0 Å². The highest BCUT2D eigenvalue weighted by atomic mass is 32.2. The van der Waals surface area contributed by atoms with E-state index in [0.29, 0.717) is 36.5 Å². The lowest BCUT2D eigenvalue weighted by atomic mass is 9.93. The Morgan fingerprint density at radius 2 is 1.18 bits per heavy atom. The third-order valence-electron chi connectivity index (χ3n) is 11.2. The van der Waals surface area contributed by atoms with Crippen molar-refractivity contribution >= 4 is 61.0 Å². The number of aryl methyl sites for hydroxylation is 3. The molecule has 5 amide bonds. The Hall–Kier alpha value is -5.69. The molecule has 4 aliphatic carbocycles. The first kappa shape index (κ1) is 38.2. The molecular formula is C38H42N10O7S2. The number of carbonyl (C=O) groups is 3. The van der Waals surface area contributed by atoms with E-state index in [1.165, 1.54) is 17.2 Å². The topological polar surface area (TPSA) is 234 Å². The molecule has 298 valence electrons. The summed E-state index contributed by atoms with van der Waals surface area (Å²) in [6.45, 7) is 0. The monoisotopic (exact) mass is 814 g/mol. The Balaban J connectivity index is 0.932. The summed E-state index contributed by atoms with van der Waals surface area (Å²) in [5.41, 5.74) is 9.47. The van der Waals surface area contributed by atoms with E-state index in [1.54, 1.807) is 19.0 Å². The van der Waals surface area contributed by atoms with Crippen LogP contribution < -0.4 is 30.3 Å². The van der Waals surface area contributed by atoms with E-state index in [2.05, 4.69) is 57.9 Å². The number of hydrogen-bond acceptors (Lipinski definition) is 12. The molecule has 0 radical (unpaired) electrons. The van der Waals surface area contributed by atoms with Crippen LogP contribution in [0, 0.1) is 0 Å². The highest BCUT2D eigenvalue weighted by Gasteiger charge is 2.33. The van der Waals surface area contributed by atoms with Crippen LogP contribution in [-0.4, -0.2) is 69.3 Å². The second kappa shape index (κ2) is 15.0. The van der Waals surface area contributed by atoms with E-state index in [1.807, 2.05) is 0 Å². The number of nitrogens with zero attached hydrogens (tertiary/aromatic N) is 5. The van der Waals surface area contributed by atoms with Gasteiger partial charge in [-0.15, -0.1) is 10.2 Å². The molecule has 17 nitrogen and oxygen atoms in total. The summed E-state index contributed by atoms with van der Waals surface area (Å²) in [5.74, 6) is -0.467. The van der Waals surface area contributed by atoms with Crippen molar-refractivity contribution in [3.8, 4) is 0 Å². The Bertz CT molecular complexity index is 2530. The van der Waals surface area contributed by atoms with Crippen molar-refractivity contribution in [2.24, 2.45) is 0 Å². The molecule has 1 atom stereocenters. The Labute approximate surface area is 329 Å². The van der Waals surface area contributed by atoms with Gasteiger partial charge in [-0.25, -0.2) is 35.9 Å². The van der Waals surface area contributed by atoms with E-state index >= 15 is 0 Å². The molecule has 1 unspecified atom stereocenters. The van der Waals surface area contributed by atoms with Crippen LogP contribution >= 0.6 is 0 Å². The van der Waals surface area contributed by atoms with Gasteiger partial charge in [-0.1, -0.05) is 12.1 Å². The molecule has 4 aromatic rings. The summed E-state index contributed by atoms with van der Waals surface area (Å²) in [5, 5.41) is 23.6. The van der Waals surface area contributed by atoms with Gasteiger partial charge >= 0.3 is 12.1 Å². The van der Waals surface area contributed by atoms with E-state index in [4.69, 9.17) is 0 Å². The van der Waals surface area contributed by atoms with E-state index < -0.39 is 38.0 Å². The fourth-order valence-corrected chi connectivity index (χ4v) is 10.3. The number of rotatable bonds is 10. The molecule has 4 aliphatic rings. The average molecular weight is 815 g/mol. The smallest absolute Gasteiger partial charge is 0.333 e. The van der Waals surface area contributed by atoms with Gasteiger partial charge in [0.25, 0.3) is 20.0 Å². The summed E-state index contributed by atoms with van der Waals surface area (Å²) in [4.78, 5) is 40.7. The minimum Gasteiger partial charge on any atom is -0.361 e. The fraction of sp³-hybridized carbons (Fsp3) is 0.395. The molecule has 2 heterocycles. The van der Waals surface area contributed by atoms with Gasteiger partial charge in [0.15, 0.2) is 11.6 Å². The molecule has 2 aromatic carbocycles. The minimum atomic E-state index is -4.38. The van der Waals surface area contributed by atoms with E-state index in [9.17, 15) is 31.2 Å². The molecule has 0 saturated heterocycles. The zero-order valence-electron chi connectivity index (χ0n) is 31.4. The first-order valence-corrected chi connectivity index (χ1v) is 21.9. The summed E-state index contributed by atoms with van der Waals surface area (Å²) in [7, 11) is -5.28. The number of benzene rings is 2. The number of amides is 5. The Morgan fingerprint density at radius 3 is 1.75 bits per heavy atom. The molecule has 0 fully saturated rings.